The molecule has 0 heterocycles. The van der Waals surface area contributed by atoms with Gasteiger partial charge in [0.25, 0.3) is 5.91 Å². The van der Waals surface area contributed by atoms with Crippen molar-refractivity contribution >= 4 is 23.6 Å². The molecule has 0 aliphatic carbocycles. The highest BCUT2D eigenvalue weighted by atomic mass is 32.2. The first-order valence-electron chi connectivity index (χ1n) is 8.05. The van der Waals surface area contributed by atoms with Crippen LogP contribution >= 0.6 is 11.8 Å². The van der Waals surface area contributed by atoms with E-state index in [1.165, 1.54) is 12.7 Å². The molecule has 2 aromatic carbocycles. The summed E-state index contributed by atoms with van der Waals surface area (Å²) in [4.78, 5) is 24.8. The molecule has 5 heteroatoms. The van der Waals surface area contributed by atoms with Crippen molar-refractivity contribution in [2.24, 2.45) is 0 Å². The molecular weight excluding hydrogens is 334 g/mol. The van der Waals surface area contributed by atoms with Gasteiger partial charge in [-0.2, -0.15) is 0 Å². The number of rotatable bonds is 7. The number of benzene rings is 2. The molecule has 1 atom stereocenters. The van der Waals surface area contributed by atoms with Gasteiger partial charge in [0.2, 0.25) is 0 Å². The third-order valence-corrected chi connectivity index (χ3v) is 5.35. The standard InChI is InChI=1S/C20H23NO3S/c1-20(2,25-14-15-10-6-4-7-11-15)17(19(23)24-3)21-18(22)16-12-8-5-9-13-16/h4-13,17H,14H2,1-3H3,(H,21,22)/t17-/m1/s1. The Morgan fingerprint density at radius 1 is 1.04 bits per heavy atom. The second-order valence-electron chi connectivity index (χ2n) is 6.17. The molecule has 0 spiro atoms. The lowest BCUT2D eigenvalue weighted by Gasteiger charge is -2.32. The molecule has 1 amide bonds. The number of carbonyl (C=O) groups excluding carboxylic acids is 2. The fraction of sp³-hybridized carbons (Fsp3) is 0.300. The van der Waals surface area contributed by atoms with E-state index in [1.54, 1.807) is 36.0 Å². The number of ether oxygens (including phenoxy) is 1. The normalized spacial score (nSPS) is 12.3. The van der Waals surface area contributed by atoms with Gasteiger partial charge in [0, 0.05) is 16.1 Å². The molecule has 0 bridgehead atoms. The van der Waals surface area contributed by atoms with Crippen LogP contribution in [0.3, 0.4) is 0 Å². The minimum absolute atomic E-state index is 0.288. The van der Waals surface area contributed by atoms with Gasteiger partial charge in [0.15, 0.2) is 0 Å². The summed E-state index contributed by atoms with van der Waals surface area (Å²) < 4.78 is 4.39. The number of thioether (sulfide) groups is 1. The van der Waals surface area contributed by atoms with Gasteiger partial charge in [-0.1, -0.05) is 48.5 Å². The zero-order chi connectivity index (χ0) is 18.3. The highest BCUT2D eigenvalue weighted by Crippen LogP contribution is 2.32. The molecule has 0 unspecified atom stereocenters. The van der Waals surface area contributed by atoms with E-state index < -0.39 is 16.8 Å². The Kier molecular flexibility index (Phi) is 6.65. The molecule has 0 radical (unpaired) electrons. The Hall–Kier alpha value is -2.27. The van der Waals surface area contributed by atoms with Crippen molar-refractivity contribution in [3.8, 4) is 0 Å². The van der Waals surface area contributed by atoms with Crippen LogP contribution in [0.4, 0.5) is 0 Å². The molecule has 1 N–H and O–H groups in total. The highest BCUT2D eigenvalue weighted by molar-refractivity contribution is 7.99. The number of hydrogen-bond acceptors (Lipinski definition) is 4. The van der Waals surface area contributed by atoms with Crippen LogP contribution in [0.15, 0.2) is 60.7 Å². The third kappa shape index (κ3) is 5.36. The Labute approximate surface area is 153 Å². The van der Waals surface area contributed by atoms with Crippen LogP contribution in [0, 0.1) is 0 Å². The molecule has 2 rings (SSSR count). The molecule has 4 nitrogen and oxygen atoms in total. The SMILES string of the molecule is COC(=O)[C@@H](NC(=O)c1ccccc1)C(C)(C)SCc1ccccc1. The molecule has 25 heavy (non-hydrogen) atoms. The fourth-order valence-corrected chi connectivity index (χ4v) is 3.42. The van der Waals surface area contributed by atoms with E-state index in [1.807, 2.05) is 50.2 Å². The predicted octanol–water partition coefficient (Wildman–Crippen LogP) is 3.67. The second-order valence-corrected chi connectivity index (χ2v) is 7.80. The monoisotopic (exact) mass is 357 g/mol. The lowest BCUT2D eigenvalue weighted by Crippen LogP contribution is -2.53. The van der Waals surface area contributed by atoms with E-state index in [0.29, 0.717) is 5.56 Å². The summed E-state index contributed by atoms with van der Waals surface area (Å²) in [6.07, 6.45) is 0. The van der Waals surface area contributed by atoms with E-state index in [0.717, 1.165) is 5.75 Å². The first-order valence-corrected chi connectivity index (χ1v) is 9.04. The first kappa shape index (κ1) is 19.1. The van der Waals surface area contributed by atoms with Crippen molar-refractivity contribution in [2.45, 2.75) is 30.4 Å². The van der Waals surface area contributed by atoms with Crippen LogP contribution in [-0.2, 0) is 15.3 Å². The van der Waals surface area contributed by atoms with Crippen LogP contribution in [0.1, 0.15) is 29.8 Å². The Bertz CT molecular complexity index is 701. The summed E-state index contributed by atoms with van der Waals surface area (Å²) in [5.41, 5.74) is 1.68. The van der Waals surface area contributed by atoms with E-state index >= 15 is 0 Å². The third-order valence-electron chi connectivity index (χ3n) is 3.90. The lowest BCUT2D eigenvalue weighted by molar-refractivity contribution is -0.143. The molecule has 0 saturated carbocycles. The minimum Gasteiger partial charge on any atom is -0.467 e. The van der Waals surface area contributed by atoms with Crippen LogP contribution in [0.5, 0.6) is 0 Å². The summed E-state index contributed by atoms with van der Waals surface area (Å²) in [6.45, 7) is 3.88. The summed E-state index contributed by atoms with van der Waals surface area (Å²) in [5, 5.41) is 2.83. The quantitative estimate of drug-likeness (QED) is 0.768. The molecule has 0 aliphatic rings. The second kappa shape index (κ2) is 8.72. The maximum atomic E-state index is 12.5. The van der Waals surface area contributed by atoms with Gasteiger partial charge >= 0.3 is 5.97 Å². The number of carbonyl (C=O) groups is 2. The maximum absolute atomic E-state index is 12.5. The molecular formula is C20H23NO3S. The van der Waals surface area contributed by atoms with Crippen LogP contribution in [0.25, 0.3) is 0 Å². The average Bonchev–Trinajstić information content (AvgIpc) is 2.65. The van der Waals surface area contributed by atoms with Gasteiger partial charge in [-0.15, -0.1) is 11.8 Å². The average molecular weight is 357 g/mol. The summed E-state index contributed by atoms with van der Waals surface area (Å²) >= 11 is 1.61. The van der Waals surface area contributed by atoms with Crippen molar-refractivity contribution in [1.29, 1.82) is 0 Å². The number of amides is 1. The maximum Gasteiger partial charge on any atom is 0.329 e. The number of esters is 1. The fourth-order valence-electron chi connectivity index (χ4n) is 2.37. The molecule has 0 fully saturated rings. The number of methoxy groups -OCH3 is 1. The van der Waals surface area contributed by atoms with Crippen molar-refractivity contribution in [1.82, 2.24) is 5.32 Å². The predicted molar refractivity (Wildman–Crippen MR) is 102 cm³/mol. The van der Waals surface area contributed by atoms with Gasteiger partial charge in [-0.3, -0.25) is 4.79 Å². The summed E-state index contributed by atoms with van der Waals surface area (Å²) in [6, 6.07) is 18.1. The topological polar surface area (TPSA) is 55.4 Å². The van der Waals surface area contributed by atoms with Crippen molar-refractivity contribution < 1.29 is 14.3 Å². The number of hydrogen-bond donors (Lipinski definition) is 1. The molecule has 0 aliphatic heterocycles. The zero-order valence-corrected chi connectivity index (χ0v) is 15.5. The minimum atomic E-state index is -0.751. The van der Waals surface area contributed by atoms with E-state index in [4.69, 9.17) is 4.74 Å². The Morgan fingerprint density at radius 2 is 1.60 bits per heavy atom. The van der Waals surface area contributed by atoms with Crippen molar-refractivity contribution in [3.63, 3.8) is 0 Å². The molecule has 132 valence electrons. The molecule has 2 aromatic rings. The van der Waals surface area contributed by atoms with Crippen molar-refractivity contribution in [2.75, 3.05) is 7.11 Å². The van der Waals surface area contributed by atoms with Crippen LogP contribution < -0.4 is 5.32 Å². The van der Waals surface area contributed by atoms with Gasteiger partial charge in [0.1, 0.15) is 6.04 Å². The van der Waals surface area contributed by atoms with E-state index in [-0.39, 0.29) is 5.91 Å². The largest absolute Gasteiger partial charge is 0.467 e. The van der Waals surface area contributed by atoms with Gasteiger partial charge in [-0.05, 0) is 31.5 Å². The van der Waals surface area contributed by atoms with E-state index in [2.05, 4.69) is 5.32 Å². The summed E-state index contributed by atoms with van der Waals surface area (Å²) in [5.74, 6) is 0.00181. The van der Waals surface area contributed by atoms with Crippen LogP contribution in [-0.4, -0.2) is 29.8 Å². The zero-order valence-electron chi connectivity index (χ0n) is 14.7. The molecule has 0 saturated heterocycles. The number of nitrogens with one attached hydrogen (secondary N) is 1. The van der Waals surface area contributed by atoms with Gasteiger partial charge < -0.3 is 10.1 Å². The Balaban J connectivity index is 2.12. The lowest BCUT2D eigenvalue weighted by atomic mass is 10.0. The first-order chi connectivity index (χ1) is 11.9. The van der Waals surface area contributed by atoms with Crippen molar-refractivity contribution in [3.05, 3.63) is 71.8 Å². The molecule has 0 aromatic heterocycles. The highest BCUT2D eigenvalue weighted by Gasteiger charge is 2.38. The smallest absolute Gasteiger partial charge is 0.329 e. The van der Waals surface area contributed by atoms with Gasteiger partial charge in [0.05, 0.1) is 7.11 Å². The summed E-state index contributed by atoms with van der Waals surface area (Å²) in [7, 11) is 1.34. The van der Waals surface area contributed by atoms with Gasteiger partial charge in [-0.25, -0.2) is 4.79 Å². The van der Waals surface area contributed by atoms with E-state index in [9.17, 15) is 9.59 Å². The Morgan fingerprint density at radius 3 is 2.16 bits per heavy atom. The van der Waals surface area contributed by atoms with Crippen LogP contribution in [0.2, 0.25) is 0 Å².